The van der Waals surface area contributed by atoms with Crippen LogP contribution in [0.5, 0.6) is 0 Å². The Bertz CT molecular complexity index is 916. The maximum Gasteiger partial charge on any atom is 0.260 e. The Labute approximate surface area is 161 Å². The van der Waals surface area contributed by atoms with Crippen LogP contribution >= 0.6 is 22.9 Å². The summed E-state index contributed by atoms with van der Waals surface area (Å²) in [5, 5.41) is 6.76. The zero-order valence-electron chi connectivity index (χ0n) is 14.4. The summed E-state index contributed by atoms with van der Waals surface area (Å²) in [6, 6.07) is 11.9. The Morgan fingerprint density at radius 3 is 2.81 bits per heavy atom. The monoisotopic (exact) mass is 386 g/mol. The summed E-state index contributed by atoms with van der Waals surface area (Å²) in [5.74, 6) is 0.518. The first-order valence-corrected chi connectivity index (χ1v) is 9.95. The minimum Gasteiger partial charge on any atom is -0.360 e. The maximum absolute atomic E-state index is 13.4. The van der Waals surface area contributed by atoms with Gasteiger partial charge in [0.2, 0.25) is 0 Å². The van der Waals surface area contributed by atoms with Crippen LogP contribution in [0.2, 0.25) is 5.02 Å². The number of benzene rings is 1. The summed E-state index contributed by atoms with van der Waals surface area (Å²) in [6.45, 7) is 2.49. The van der Waals surface area contributed by atoms with E-state index >= 15 is 0 Å². The number of nitrogens with zero attached hydrogens (tertiary/aromatic N) is 2. The lowest BCUT2D eigenvalue weighted by molar-refractivity contribution is 0.0744. The minimum atomic E-state index is -0.0160. The molecule has 1 fully saturated rings. The summed E-state index contributed by atoms with van der Waals surface area (Å²) < 4.78 is 5.37. The standard InChI is InChI=1S/C20H19ClN2O2S/c1-13-18(19(22-25-13)16-6-2-3-7-17(16)21)20(24)23(14-8-9-14)11-10-15-5-4-12-26-15/h2-7,12,14H,8-11H2,1H3. The van der Waals surface area contributed by atoms with Gasteiger partial charge in [-0.3, -0.25) is 4.79 Å². The Balaban J connectivity index is 1.64. The van der Waals surface area contributed by atoms with E-state index in [4.69, 9.17) is 16.1 Å². The molecule has 0 atom stereocenters. The molecule has 3 aromatic rings. The van der Waals surface area contributed by atoms with E-state index in [0.29, 0.717) is 34.6 Å². The van der Waals surface area contributed by atoms with Crippen LogP contribution in [0.4, 0.5) is 0 Å². The van der Waals surface area contributed by atoms with Crippen molar-refractivity contribution in [2.24, 2.45) is 0 Å². The molecule has 0 N–H and O–H groups in total. The summed E-state index contributed by atoms with van der Waals surface area (Å²) in [7, 11) is 0. The molecule has 0 spiro atoms. The van der Waals surface area contributed by atoms with Crippen LogP contribution in [-0.4, -0.2) is 28.6 Å². The number of amides is 1. The normalized spacial score (nSPS) is 13.8. The van der Waals surface area contributed by atoms with Crippen LogP contribution < -0.4 is 0 Å². The molecule has 4 rings (SSSR count). The fourth-order valence-electron chi connectivity index (χ4n) is 3.13. The van der Waals surface area contributed by atoms with Crippen LogP contribution in [0, 0.1) is 6.92 Å². The predicted octanol–water partition coefficient (Wildman–Crippen LogP) is 5.21. The zero-order valence-corrected chi connectivity index (χ0v) is 16.0. The molecule has 0 saturated heterocycles. The minimum absolute atomic E-state index is 0.0160. The third-order valence-corrected chi connectivity index (χ3v) is 5.90. The van der Waals surface area contributed by atoms with Crippen molar-refractivity contribution in [3.8, 4) is 11.3 Å². The third-order valence-electron chi connectivity index (χ3n) is 4.63. The van der Waals surface area contributed by atoms with Crippen LogP contribution in [0.3, 0.4) is 0 Å². The van der Waals surface area contributed by atoms with Gasteiger partial charge in [-0.2, -0.15) is 0 Å². The van der Waals surface area contributed by atoms with E-state index in [0.717, 1.165) is 24.8 Å². The number of rotatable bonds is 6. The molecule has 2 heterocycles. The van der Waals surface area contributed by atoms with Gasteiger partial charge in [0.25, 0.3) is 5.91 Å². The Morgan fingerprint density at radius 2 is 2.12 bits per heavy atom. The highest BCUT2D eigenvalue weighted by molar-refractivity contribution is 7.09. The highest BCUT2D eigenvalue weighted by Crippen LogP contribution is 2.34. The van der Waals surface area contributed by atoms with E-state index in [1.54, 1.807) is 24.3 Å². The Hall–Kier alpha value is -2.11. The Kier molecular flexibility index (Phi) is 4.83. The van der Waals surface area contributed by atoms with Crippen molar-refractivity contribution in [3.05, 3.63) is 63.0 Å². The van der Waals surface area contributed by atoms with Crippen molar-refractivity contribution in [1.29, 1.82) is 0 Å². The first kappa shape index (κ1) is 17.3. The lowest BCUT2D eigenvalue weighted by Crippen LogP contribution is -2.35. The molecular formula is C20H19ClN2O2S. The van der Waals surface area contributed by atoms with Gasteiger partial charge in [0, 0.05) is 23.0 Å². The maximum atomic E-state index is 13.4. The van der Waals surface area contributed by atoms with E-state index < -0.39 is 0 Å². The van der Waals surface area contributed by atoms with Crippen molar-refractivity contribution < 1.29 is 9.32 Å². The second-order valence-corrected chi connectivity index (χ2v) is 7.94. The van der Waals surface area contributed by atoms with Gasteiger partial charge in [0.05, 0.1) is 5.02 Å². The Morgan fingerprint density at radius 1 is 1.31 bits per heavy atom. The van der Waals surface area contributed by atoms with E-state index in [1.807, 2.05) is 29.2 Å². The van der Waals surface area contributed by atoms with E-state index in [-0.39, 0.29) is 5.91 Å². The number of hydrogen-bond acceptors (Lipinski definition) is 4. The molecule has 1 saturated carbocycles. The van der Waals surface area contributed by atoms with Gasteiger partial charge < -0.3 is 9.42 Å². The molecule has 2 aromatic heterocycles. The average molecular weight is 387 g/mol. The number of aromatic nitrogens is 1. The summed E-state index contributed by atoms with van der Waals surface area (Å²) >= 11 is 8.05. The molecule has 0 unspecified atom stereocenters. The van der Waals surface area contributed by atoms with Gasteiger partial charge in [-0.15, -0.1) is 11.3 Å². The smallest absolute Gasteiger partial charge is 0.260 e. The van der Waals surface area contributed by atoms with Gasteiger partial charge in [-0.05, 0) is 43.7 Å². The molecule has 4 nitrogen and oxygen atoms in total. The van der Waals surface area contributed by atoms with Crippen molar-refractivity contribution in [2.75, 3.05) is 6.54 Å². The van der Waals surface area contributed by atoms with Crippen molar-refractivity contribution >= 4 is 28.8 Å². The molecule has 134 valence electrons. The molecule has 1 aliphatic carbocycles. The van der Waals surface area contributed by atoms with Crippen LogP contribution in [0.25, 0.3) is 11.3 Å². The number of carbonyl (C=O) groups is 1. The van der Waals surface area contributed by atoms with Crippen LogP contribution in [0.15, 0.2) is 46.3 Å². The first-order valence-electron chi connectivity index (χ1n) is 8.69. The van der Waals surface area contributed by atoms with E-state index in [2.05, 4.69) is 16.6 Å². The topological polar surface area (TPSA) is 46.3 Å². The van der Waals surface area contributed by atoms with E-state index in [1.165, 1.54) is 4.88 Å². The number of halogens is 1. The van der Waals surface area contributed by atoms with Gasteiger partial charge in [-0.1, -0.05) is 41.0 Å². The molecule has 1 amide bonds. The summed E-state index contributed by atoms with van der Waals surface area (Å²) in [4.78, 5) is 16.6. The molecular weight excluding hydrogens is 368 g/mol. The molecule has 0 bridgehead atoms. The lowest BCUT2D eigenvalue weighted by Gasteiger charge is -2.22. The van der Waals surface area contributed by atoms with Crippen molar-refractivity contribution in [1.82, 2.24) is 10.1 Å². The molecule has 1 aromatic carbocycles. The van der Waals surface area contributed by atoms with Crippen molar-refractivity contribution in [3.63, 3.8) is 0 Å². The van der Waals surface area contributed by atoms with Gasteiger partial charge >= 0.3 is 0 Å². The second-order valence-electron chi connectivity index (χ2n) is 6.50. The van der Waals surface area contributed by atoms with Crippen molar-refractivity contribution in [2.45, 2.75) is 32.2 Å². The van der Waals surface area contributed by atoms with Crippen LogP contribution in [-0.2, 0) is 6.42 Å². The number of carbonyl (C=O) groups excluding carboxylic acids is 1. The predicted molar refractivity (Wildman–Crippen MR) is 104 cm³/mol. The van der Waals surface area contributed by atoms with Crippen LogP contribution in [0.1, 0.15) is 33.8 Å². The average Bonchev–Trinajstić information content (AvgIpc) is 3.19. The lowest BCUT2D eigenvalue weighted by atomic mass is 10.0. The highest BCUT2D eigenvalue weighted by atomic mass is 35.5. The molecule has 26 heavy (non-hydrogen) atoms. The van der Waals surface area contributed by atoms with Gasteiger partial charge in [0.15, 0.2) is 0 Å². The van der Waals surface area contributed by atoms with Gasteiger partial charge in [0.1, 0.15) is 17.0 Å². The largest absolute Gasteiger partial charge is 0.360 e. The molecule has 6 heteroatoms. The summed E-state index contributed by atoms with van der Waals surface area (Å²) in [6.07, 6.45) is 2.98. The number of thiophene rings is 1. The molecule has 0 radical (unpaired) electrons. The van der Waals surface area contributed by atoms with E-state index in [9.17, 15) is 4.79 Å². The number of hydrogen-bond donors (Lipinski definition) is 0. The number of aryl methyl sites for hydroxylation is 1. The fraction of sp³-hybridized carbons (Fsp3) is 0.300. The fourth-order valence-corrected chi connectivity index (χ4v) is 4.05. The SMILES string of the molecule is Cc1onc(-c2ccccc2Cl)c1C(=O)N(CCc1cccs1)C1CC1. The molecule has 0 aliphatic heterocycles. The second kappa shape index (κ2) is 7.25. The zero-order chi connectivity index (χ0) is 18.1. The highest BCUT2D eigenvalue weighted by Gasteiger charge is 2.36. The summed E-state index contributed by atoms with van der Waals surface area (Å²) in [5.41, 5.74) is 1.78. The third kappa shape index (κ3) is 3.41. The first-order chi connectivity index (χ1) is 12.6. The quantitative estimate of drug-likeness (QED) is 0.584. The molecule has 1 aliphatic rings. The van der Waals surface area contributed by atoms with Gasteiger partial charge in [-0.25, -0.2) is 0 Å².